The summed E-state index contributed by atoms with van der Waals surface area (Å²) < 4.78 is 15.1. The fourth-order valence-electron chi connectivity index (χ4n) is 2.74. The van der Waals surface area contributed by atoms with Gasteiger partial charge in [0.25, 0.3) is 0 Å². The molecule has 0 saturated heterocycles. The molecule has 1 unspecified atom stereocenters. The Morgan fingerprint density at radius 3 is 2.52 bits per heavy atom. The highest BCUT2D eigenvalue weighted by molar-refractivity contribution is 5.77. The Kier molecular flexibility index (Phi) is 5.23. The van der Waals surface area contributed by atoms with Crippen LogP contribution in [0.15, 0.2) is 67.0 Å². The van der Waals surface area contributed by atoms with Crippen LogP contribution >= 0.6 is 0 Å². The first-order valence-corrected chi connectivity index (χ1v) is 8.19. The number of amides is 1. The number of halogens is 1. The Hall–Kier alpha value is -2.95. The lowest BCUT2D eigenvalue weighted by atomic mass is 10.0. The van der Waals surface area contributed by atoms with Crippen molar-refractivity contribution in [3.63, 3.8) is 0 Å². The molecule has 0 radical (unpaired) electrons. The van der Waals surface area contributed by atoms with Gasteiger partial charge < -0.3 is 9.88 Å². The molecular formula is C20H20FN3O. The van der Waals surface area contributed by atoms with Gasteiger partial charge in [0.1, 0.15) is 17.7 Å². The van der Waals surface area contributed by atoms with Crippen LogP contribution in [-0.2, 0) is 18.3 Å². The highest BCUT2D eigenvalue weighted by Crippen LogP contribution is 2.21. The van der Waals surface area contributed by atoms with E-state index in [9.17, 15) is 9.18 Å². The van der Waals surface area contributed by atoms with Crippen LogP contribution in [-0.4, -0.2) is 15.5 Å². The summed E-state index contributed by atoms with van der Waals surface area (Å²) in [5.41, 5.74) is 1.91. The number of hydrogen-bond donors (Lipinski definition) is 1. The molecule has 25 heavy (non-hydrogen) atoms. The van der Waals surface area contributed by atoms with Crippen LogP contribution in [0.4, 0.5) is 4.39 Å². The topological polar surface area (TPSA) is 46.9 Å². The molecule has 0 saturated carbocycles. The largest absolute Gasteiger partial charge is 0.342 e. The molecule has 0 spiro atoms. The predicted octanol–water partition coefficient (Wildman–Crippen LogP) is 3.40. The number of hydrogen-bond acceptors (Lipinski definition) is 2. The number of carbonyl (C=O) groups excluding carboxylic acids is 1. The van der Waals surface area contributed by atoms with Crippen molar-refractivity contribution in [1.29, 1.82) is 0 Å². The number of carbonyl (C=O) groups is 1. The minimum absolute atomic E-state index is 0.0684. The number of aryl methyl sites for hydroxylation is 2. The van der Waals surface area contributed by atoms with E-state index >= 15 is 0 Å². The van der Waals surface area contributed by atoms with Crippen molar-refractivity contribution in [2.45, 2.75) is 18.9 Å². The van der Waals surface area contributed by atoms with Gasteiger partial charge in [-0.15, -0.1) is 0 Å². The quantitative estimate of drug-likeness (QED) is 0.749. The van der Waals surface area contributed by atoms with Gasteiger partial charge in [-0.25, -0.2) is 9.37 Å². The maximum Gasteiger partial charge on any atom is 0.221 e. The number of benzene rings is 2. The van der Waals surface area contributed by atoms with Crippen LogP contribution in [0.5, 0.6) is 0 Å². The fourth-order valence-corrected chi connectivity index (χ4v) is 2.74. The van der Waals surface area contributed by atoms with E-state index in [1.807, 2.05) is 48.1 Å². The molecule has 0 aliphatic heterocycles. The van der Waals surface area contributed by atoms with E-state index < -0.39 is 6.04 Å². The van der Waals surface area contributed by atoms with Crippen molar-refractivity contribution < 1.29 is 9.18 Å². The number of aromatic nitrogens is 2. The Balaban J connectivity index is 1.74. The monoisotopic (exact) mass is 337 g/mol. The summed E-state index contributed by atoms with van der Waals surface area (Å²) >= 11 is 0. The van der Waals surface area contributed by atoms with E-state index in [0.29, 0.717) is 18.7 Å². The number of rotatable bonds is 6. The maximum absolute atomic E-state index is 13.2. The van der Waals surface area contributed by atoms with Crippen molar-refractivity contribution in [1.82, 2.24) is 14.9 Å². The van der Waals surface area contributed by atoms with E-state index in [-0.39, 0.29) is 11.7 Å². The number of nitrogens with one attached hydrogen (secondary N) is 1. The van der Waals surface area contributed by atoms with E-state index in [0.717, 1.165) is 11.1 Å². The molecular weight excluding hydrogens is 317 g/mol. The lowest BCUT2D eigenvalue weighted by Gasteiger charge is -2.19. The summed E-state index contributed by atoms with van der Waals surface area (Å²) in [6.07, 6.45) is 4.56. The first-order valence-electron chi connectivity index (χ1n) is 8.19. The average molecular weight is 337 g/mol. The molecule has 0 fully saturated rings. The minimum atomic E-state index is -0.413. The molecule has 3 rings (SSSR count). The minimum Gasteiger partial charge on any atom is -0.342 e. The average Bonchev–Trinajstić information content (AvgIpc) is 3.05. The van der Waals surface area contributed by atoms with Crippen LogP contribution in [0.1, 0.15) is 29.4 Å². The molecule has 3 aromatic rings. The van der Waals surface area contributed by atoms with Crippen molar-refractivity contribution in [3.05, 3.63) is 89.8 Å². The third kappa shape index (κ3) is 4.32. The maximum atomic E-state index is 13.2. The van der Waals surface area contributed by atoms with Crippen molar-refractivity contribution in [3.8, 4) is 0 Å². The third-order valence-electron chi connectivity index (χ3n) is 4.11. The molecule has 128 valence electrons. The van der Waals surface area contributed by atoms with Gasteiger partial charge in [-0.05, 0) is 29.7 Å². The summed E-state index contributed by atoms with van der Waals surface area (Å²) in [6, 6.07) is 15.6. The summed E-state index contributed by atoms with van der Waals surface area (Å²) in [5.74, 6) is 0.332. The first-order chi connectivity index (χ1) is 12.1. The molecule has 5 heteroatoms. The van der Waals surface area contributed by atoms with Gasteiger partial charge >= 0.3 is 0 Å². The molecule has 0 aliphatic rings. The second-order valence-corrected chi connectivity index (χ2v) is 5.93. The lowest BCUT2D eigenvalue weighted by Crippen LogP contribution is -2.31. The number of nitrogens with zero attached hydrogens (tertiary/aromatic N) is 2. The summed E-state index contributed by atoms with van der Waals surface area (Å²) in [4.78, 5) is 16.8. The van der Waals surface area contributed by atoms with Crippen molar-refractivity contribution >= 4 is 5.91 Å². The zero-order valence-electron chi connectivity index (χ0n) is 14.0. The normalized spacial score (nSPS) is 11.9. The predicted molar refractivity (Wildman–Crippen MR) is 94.4 cm³/mol. The third-order valence-corrected chi connectivity index (χ3v) is 4.11. The van der Waals surface area contributed by atoms with Crippen LogP contribution in [0, 0.1) is 5.82 Å². The van der Waals surface area contributed by atoms with Crippen LogP contribution in [0.2, 0.25) is 0 Å². The molecule has 1 aromatic heterocycles. The zero-order chi connectivity index (χ0) is 17.6. The highest BCUT2D eigenvalue weighted by atomic mass is 19.1. The van der Waals surface area contributed by atoms with Gasteiger partial charge in [-0.2, -0.15) is 0 Å². The van der Waals surface area contributed by atoms with Gasteiger partial charge in [-0.1, -0.05) is 42.5 Å². The SMILES string of the molecule is Cn1ccnc1C(NC(=O)CCc1ccccc1)c1ccc(F)cc1. The van der Waals surface area contributed by atoms with Crippen LogP contribution in [0.3, 0.4) is 0 Å². The molecule has 1 atom stereocenters. The van der Waals surface area contributed by atoms with Crippen molar-refractivity contribution in [2.24, 2.45) is 7.05 Å². The lowest BCUT2D eigenvalue weighted by molar-refractivity contribution is -0.121. The molecule has 1 N–H and O–H groups in total. The molecule has 0 aliphatic carbocycles. The van der Waals surface area contributed by atoms with Gasteiger partial charge in [0.2, 0.25) is 5.91 Å². The first kappa shape index (κ1) is 16.9. The standard InChI is InChI=1S/C20H20FN3O/c1-24-14-13-22-20(24)19(16-8-10-17(21)11-9-16)23-18(25)12-7-15-5-3-2-4-6-15/h2-6,8-11,13-14,19H,7,12H2,1H3,(H,23,25). The molecule has 1 amide bonds. The van der Waals surface area contributed by atoms with Crippen LogP contribution in [0.25, 0.3) is 0 Å². The van der Waals surface area contributed by atoms with E-state index in [1.54, 1.807) is 18.3 Å². The molecule has 0 bridgehead atoms. The second kappa shape index (κ2) is 7.75. The smallest absolute Gasteiger partial charge is 0.221 e. The van der Waals surface area contributed by atoms with E-state index in [4.69, 9.17) is 0 Å². The Morgan fingerprint density at radius 2 is 1.88 bits per heavy atom. The van der Waals surface area contributed by atoms with E-state index in [1.165, 1.54) is 12.1 Å². The molecule has 1 heterocycles. The Labute approximate surface area is 146 Å². The van der Waals surface area contributed by atoms with Gasteiger partial charge in [-0.3, -0.25) is 4.79 Å². The summed E-state index contributed by atoms with van der Waals surface area (Å²) in [6.45, 7) is 0. The van der Waals surface area contributed by atoms with Crippen LogP contribution < -0.4 is 5.32 Å². The van der Waals surface area contributed by atoms with Crippen molar-refractivity contribution in [2.75, 3.05) is 0 Å². The Bertz CT molecular complexity index is 828. The Morgan fingerprint density at radius 1 is 1.16 bits per heavy atom. The summed E-state index contributed by atoms with van der Waals surface area (Å²) in [5, 5.41) is 3.02. The van der Waals surface area contributed by atoms with Gasteiger partial charge in [0.15, 0.2) is 0 Å². The number of imidazole rings is 1. The summed E-state index contributed by atoms with van der Waals surface area (Å²) in [7, 11) is 1.87. The second-order valence-electron chi connectivity index (χ2n) is 5.93. The van der Waals surface area contributed by atoms with Gasteiger partial charge in [0, 0.05) is 25.9 Å². The molecule has 2 aromatic carbocycles. The molecule has 4 nitrogen and oxygen atoms in total. The van der Waals surface area contributed by atoms with Gasteiger partial charge in [0.05, 0.1) is 0 Å². The highest BCUT2D eigenvalue weighted by Gasteiger charge is 2.20. The van der Waals surface area contributed by atoms with E-state index in [2.05, 4.69) is 10.3 Å². The fraction of sp³-hybridized carbons (Fsp3) is 0.200. The zero-order valence-corrected chi connectivity index (χ0v) is 14.0.